The Balaban J connectivity index is 3.27. The highest BCUT2D eigenvalue weighted by Crippen LogP contribution is 2.31. The van der Waals surface area contributed by atoms with Crippen LogP contribution in [0.5, 0.6) is 5.75 Å². The fourth-order valence-electron chi connectivity index (χ4n) is 2.98. The molecular formula is C18H30O. The molecule has 0 radical (unpaired) electrons. The molecule has 0 amide bonds. The first-order chi connectivity index (χ1) is 9.19. The lowest BCUT2D eigenvalue weighted by Crippen LogP contribution is -2.05. The summed E-state index contributed by atoms with van der Waals surface area (Å²) in [5, 5.41) is 10.3. The Labute approximate surface area is 119 Å². The predicted octanol–water partition coefficient (Wildman–Crippen LogP) is 5.20. The van der Waals surface area contributed by atoms with Gasteiger partial charge in [-0.05, 0) is 60.4 Å². The first-order valence-corrected chi connectivity index (χ1v) is 8.04. The van der Waals surface area contributed by atoms with E-state index in [1.54, 1.807) is 0 Å². The summed E-state index contributed by atoms with van der Waals surface area (Å²) in [6, 6.07) is 2.04. The molecule has 0 aromatic heterocycles. The van der Waals surface area contributed by atoms with Crippen LogP contribution in [0.4, 0.5) is 0 Å². The van der Waals surface area contributed by atoms with Crippen molar-refractivity contribution < 1.29 is 5.11 Å². The van der Waals surface area contributed by atoms with Crippen molar-refractivity contribution in [3.8, 4) is 5.75 Å². The van der Waals surface area contributed by atoms with Crippen molar-refractivity contribution in [2.24, 2.45) is 0 Å². The highest BCUT2D eigenvalue weighted by atomic mass is 16.3. The minimum Gasteiger partial charge on any atom is -0.508 e. The Kier molecular flexibility index (Phi) is 6.97. The number of phenols is 1. The largest absolute Gasteiger partial charge is 0.508 e. The summed E-state index contributed by atoms with van der Waals surface area (Å²) in [6.45, 7) is 8.89. The van der Waals surface area contributed by atoms with Crippen molar-refractivity contribution in [1.82, 2.24) is 0 Å². The zero-order chi connectivity index (χ0) is 14.3. The fraction of sp³-hybridized carbons (Fsp3) is 0.667. The summed E-state index contributed by atoms with van der Waals surface area (Å²) in [6.07, 6.45) is 8.98. The van der Waals surface area contributed by atoms with Crippen LogP contribution in [-0.2, 0) is 25.7 Å². The second-order valence-electron chi connectivity index (χ2n) is 5.45. The number of aromatic hydroxyl groups is 1. The van der Waals surface area contributed by atoms with E-state index in [0.29, 0.717) is 5.75 Å². The van der Waals surface area contributed by atoms with E-state index in [-0.39, 0.29) is 0 Å². The highest BCUT2D eigenvalue weighted by Gasteiger charge is 2.15. The third-order valence-electron chi connectivity index (χ3n) is 3.89. The molecule has 0 saturated heterocycles. The molecule has 1 nitrogen and oxygen atoms in total. The fourth-order valence-corrected chi connectivity index (χ4v) is 2.98. The summed E-state index contributed by atoms with van der Waals surface area (Å²) in [5.74, 6) is 0.536. The second kappa shape index (κ2) is 8.24. The Morgan fingerprint density at radius 2 is 1.47 bits per heavy atom. The molecule has 0 aliphatic carbocycles. The lowest BCUT2D eigenvalue weighted by atomic mass is 9.87. The SMILES string of the molecule is CCCCc1c(O)cc(CCC)c(CCC)c1CC. The lowest BCUT2D eigenvalue weighted by molar-refractivity contribution is 0.464. The maximum Gasteiger partial charge on any atom is 0.119 e. The number of hydrogen-bond acceptors (Lipinski definition) is 1. The normalized spacial score (nSPS) is 10.9. The van der Waals surface area contributed by atoms with Crippen LogP contribution in [0.15, 0.2) is 6.07 Å². The van der Waals surface area contributed by atoms with E-state index in [2.05, 4.69) is 27.7 Å². The third kappa shape index (κ3) is 3.99. The van der Waals surface area contributed by atoms with Crippen LogP contribution >= 0.6 is 0 Å². The molecule has 0 spiro atoms. The van der Waals surface area contributed by atoms with Gasteiger partial charge in [0.05, 0.1) is 0 Å². The second-order valence-corrected chi connectivity index (χ2v) is 5.45. The van der Waals surface area contributed by atoms with E-state index < -0.39 is 0 Å². The van der Waals surface area contributed by atoms with Gasteiger partial charge in [0.25, 0.3) is 0 Å². The van der Waals surface area contributed by atoms with Crippen molar-refractivity contribution in [1.29, 1.82) is 0 Å². The minimum absolute atomic E-state index is 0.536. The number of rotatable bonds is 8. The number of hydrogen-bond donors (Lipinski definition) is 1. The van der Waals surface area contributed by atoms with Crippen LogP contribution in [0.3, 0.4) is 0 Å². The van der Waals surface area contributed by atoms with Gasteiger partial charge in [-0.15, -0.1) is 0 Å². The maximum absolute atomic E-state index is 10.3. The van der Waals surface area contributed by atoms with Gasteiger partial charge in [-0.3, -0.25) is 0 Å². The van der Waals surface area contributed by atoms with Crippen LogP contribution in [0, 0.1) is 0 Å². The average Bonchev–Trinajstić information content (AvgIpc) is 2.40. The molecule has 0 bridgehead atoms. The maximum atomic E-state index is 10.3. The Hall–Kier alpha value is -0.980. The summed E-state index contributed by atoms with van der Waals surface area (Å²) in [5.41, 5.74) is 5.54. The first-order valence-electron chi connectivity index (χ1n) is 8.04. The first kappa shape index (κ1) is 16.1. The summed E-state index contributed by atoms with van der Waals surface area (Å²) in [7, 11) is 0. The van der Waals surface area contributed by atoms with Gasteiger partial charge in [-0.2, -0.15) is 0 Å². The van der Waals surface area contributed by atoms with E-state index >= 15 is 0 Å². The van der Waals surface area contributed by atoms with Crippen LogP contribution in [0.25, 0.3) is 0 Å². The highest BCUT2D eigenvalue weighted by molar-refractivity contribution is 5.49. The number of aryl methyl sites for hydroxylation is 1. The molecule has 0 aliphatic heterocycles. The minimum atomic E-state index is 0.536. The van der Waals surface area contributed by atoms with Crippen LogP contribution < -0.4 is 0 Å². The Bertz CT molecular complexity index is 393. The molecule has 1 N–H and O–H groups in total. The Morgan fingerprint density at radius 1 is 0.789 bits per heavy atom. The average molecular weight is 262 g/mol. The van der Waals surface area contributed by atoms with E-state index in [0.717, 1.165) is 32.1 Å². The molecule has 0 heterocycles. The molecule has 0 unspecified atom stereocenters. The molecule has 0 aliphatic rings. The molecule has 0 atom stereocenters. The van der Waals surface area contributed by atoms with Crippen molar-refractivity contribution >= 4 is 0 Å². The summed E-state index contributed by atoms with van der Waals surface area (Å²) < 4.78 is 0. The third-order valence-corrected chi connectivity index (χ3v) is 3.89. The quantitative estimate of drug-likeness (QED) is 0.682. The summed E-state index contributed by atoms with van der Waals surface area (Å²) in [4.78, 5) is 0. The zero-order valence-corrected chi connectivity index (χ0v) is 13.2. The molecular weight excluding hydrogens is 232 g/mol. The monoisotopic (exact) mass is 262 g/mol. The molecule has 1 rings (SSSR count). The molecule has 1 aromatic carbocycles. The van der Waals surface area contributed by atoms with Crippen LogP contribution in [0.2, 0.25) is 0 Å². The van der Waals surface area contributed by atoms with Gasteiger partial charge in [0.15, 0.2) is 0 Å². The van der Waals surface area contributed by atoms with Gasteiger partial charge in [0.2, 0.25) is 0 Å². The lowest BCUT2D eigenvalue weighted by Gasteiger charge is -2.19. The standard InChI is InChI=1S/C18H30O/c1-5-9-12-17-15(8-4)16(11-7-3)14(10-6-2)13-18(17)19/h13,19H,5-12H2,1-4H3. The van der Waals surface area contributed by atoms with Gasteiger partial charge < -0.3 is 5.11 Å². The smallest absolute Gasteiger partial charge is 0.119 e. The van der Waals surface area contributed by atoms with Crippen LogP contribution in [0.1, 0.15) is 75.6 Å². The molecule has 0 fully saturated rings. The van der Waals surface area contributed by atoms with Gasteiger partial charge >= 0.3 is 0 Å². The van der Waals surface area contributed by atoms with E-state index in [1.165, 1.54) is 41.5 Å². The predicted molar refractivity (Wildman–Crippen MR) is 84.1 cm³/mol. The molecule has 1 aromatic rings. The van der Waals surface area contributed by atoms with E-state index in [1.807, 2.05) is 6.07 Å². The van der Waals surface area contributed by atoms with Crippen LogP contribution in [-0.4, -0.2) is 5.11 Å². The van der Waals surface area contributed by atoms with E-state index in [9.17, 15) is 5.11 Å². The topological polar surface area (TPSA) is 20.2 Å². The molecule has 19 heavy (non-hydrogen) atoms. The van der Waals surface area contributed by atoms with Gasteiger partial charge in [0.1, 0.15) is 5.75 Å². The van der Waals surface area contributed by atoms with E-state index in [4.69, 9.17) is 0 Å². The summed E-state index contributed by atoms with van der Waals surface area (Å²) >= 11 is 0. The molecule has 108 valence electrons. The van der Waals surface area contributed by atoms with Crippen molar-refractivity contribution in [3.63, 3.8) is 0 Å². The number of unbranched alkanes of at least 4 members (excludes halogenated alkanes) is 1. The number of benzene rings is 1. The van der Waals surface area contributed by atoms with Crippen molar-refractivity contribution in [3.05, 3.63) is 28.3 Å². The number of phenolic OH excluding ortho intramolecular Hbond substituents is 1. The molecule has 1 heteroatoms. The zero-order valence-electron chi connectivity index (χ0n) is 13.2. The van der Waals surface area contributed by atoms with Crippen molar-refractivity contribution in [2.75, 3.05) is 0 Å². The van der Waals surface area contributed by atoms with Crippen molar-refractivity contribution in [2.45, 2.75) is 79.1 Å². The Morgan fingerprint density at radius 3 is 2.00 bits per heavy atom. The molecule has 0 saturated carbocycles. The van der Waals surface area contributed by atoms with Gasteiger partial charge in [0, 0.05) is 0 Å². The van der Waals surface area contributed by atoms with Gasteiger partial charge in [-0.25, -0.2) is 0 Å². The van der Waals surface area contributed by atoms with Gasteiger partial charge in [-0.1, -0.05) is 47.0 Å².